The predicted molar refractivity (Wildman–Crippen MR) is 113 cm³/mol. The van der Waals surface area contributed by atoms with Gasteiger partial charge in [-0.2, -0.15) is 13.2 Å². The Hall–Kier alpha value is -4.02. The lowest BCUT2D eigenvalue weighted by molar-refractivity contribution is -0.141. The van der Waals surface area contributed by atoms with Gasteiger partial charge in [-0.15, -0.1) is 0 Å². The molecule has 0 radical (unpaired) electrons. The summed E-state index contributed by atoms with van der Waals surface area (Å²) in [6.45, 7) is 5.03. The minimum atomic E-state index is -4.57. The summed E-state index contributed by atoms with van der Waals surface area (Å²) in [4.78, 5) is 35.2. The van der Waals surface area contributed by atoms with Crippen molar-refractivity contribution < 1.29 is 27.5 Å². The van der Waals surface area contributed by atoms with E-state index in [1.165, 1.54) is 42.7 Å². The minimum Gasteiger partial charge on any atom is -0.456 e. The van der Waals surface area contributed by atoms with Crippen molar-refractivity contribution in [3.05, 3.63) is 60.7 Å². The van der Waals surface area contributed by atoms with Crippen LogP contribution in [0, 0.1) is 5.41 Å². The number of nitrogens with zero attached hydrogens (tertiary/aromatic N) is 3. The van der Waals surface area contributed by atoms with Gasteiger partial charge in [0.05, 0.1) is 11.9 Å². The van der Waals surface area contributed by atoms with E-state index in [4.69, 9.17) is 4.74 Å². The number of carbonyl (C=O) groups excluding carboxylic acids is 2. The van der Waals surface area contributed by atoms with Gasteiger partial charge in [0, 0.05) is 29.4 Å². The summed E-state index contributed by atoms with van der Waals surface area (Å²) < 4.78 is 44.4. The second-order valence-corrected chi connectivity index (χ2v) is 7.94. The molecule has 3 heterocycles. The lowest BCUT2D eigenvalue weighted by Crippen LogP contribution is -2.41. The Morgan fingerprint density at radius 3 is 2.27 bits per heavy atom. The highest BCUT2D eigenvalue weighted by Gasteiger charge is 2.32. The molecule has 0 saturated heterocycles. The first kappa shape index (κ1) is 23.6. The normalized spacial score (nSPS) is 11.6. The van der Waals surface area contributed by atoms with Crippen LogP contribution in [0.2, 0.25) is 0 Å². The number of halogens is 3. The van der Waals surface area contributed by atoms with Crippen molar-refractivity contribution in [1.29, 1.82) is 0 Å². The number of pyridine rings is 3. The molecule has 0 aliphatic rings. The number of rotatable bonds is 4. The molecule has 33 heavy (non-hydrogen) atoms. The van der Waals surface area contributed by atoms with Gasteiger partial charge in [-0.3, -0.25) is 25.4 Å². The number of hydrogen-bond acceptors (Lipinski definition) is 6. The Bertz CT molecular complexity index is 1160. The zero-order chi connectivity index (χ0) is 24.2. The van der Waals surface area contributed by atoms with Gasteiger partial charge in [-0.25, -0.2) is 9.78 Å². The van der Waals surface area contributed by atoms with Crippen LogP contribution in [0.3, 0.4) is 0 Å². The first-order valence-electron chi connectivity index (χ1n) is 9.68. The summed E-state index contributed by atoms with van der Waals surface area (Å²) in [5, 5.41) is 4.65. The maximum Gasteiger partial charge on any atom is 0.433 e. The molecule has 3 aromatic heterocycles. The largest absolute Gasteiger partial charge is 0.456 e. The molecule has 0 atom stereocenters. The molecular weight excluding hydrogens is 439 g/mol. The third kappa shape index (κ3) is 6.48. The maximum atomic E-state index is 12.9. The van der Waals surface area contributed by atoms with Crippen molar-refractivity contribution in [3.8, 4) is 22.8 Å². The lowest BCUT2D eigenvalue weighted by Gasteiger charge is -2.16. The van der Waals surface area contributed by atoms with Gasteiger partial charge < -0.3 is 4.74 Å². The molecule has 172 valence electrons. The summed E-state index contributed by atoms with van der Waals surface area (Å²) in [5.41, 5.74) is -1.24. The zero-order valence-corrected chi connectivity index (χ0v) is 17.9. The van der Waals surface area contributed by atoms with Crippen LogP contribution in [-0.2, 0) is 11.0 Å². The molecule has 0 aromatic carbocycles. The third-order valence-corrected chi connectivity index (χ3v) is 4.20. The number of alkyl halides is 3. The van der Waals surface area contributed by atoms with Crippen LogP contribution < -0.4 is 15.4 Å². The highest BCUT2D eigenvalue weighted by Crippen LogP contribution is 2.31. The zero-order valence-electron chi connectivity index (χ0n) is 17.9. The fraction of sp³-hybridized carbons (Fsp3) is 0.227. The minimum absolute atomic E-state index is 0.188. The van der Waals surface area contributed by atoms with Crippen molar-refractivity contribution in [2.45, 2.75) is 26.9 Å². The van der Waals surface area contributed by atoms with Gasteiger partial charge >= 0.3 is 12.2 Å². The maximum absolute atomic E-state index is 12.9. The van der Waals surface area contributed by atoms with E-state index in [1.54, 1.807) is 20.8 Å². The van der Waals surface area contributed by atoms with E-state index in [-0.39, 0.29) is 17.1 Å². The first-order valence-corrected chi connectivity index (χ1v) is 9.68. The molecule has 0 aliphatic heterocycles. The number of imide groups is 1. The fourth-order valence-electron chi connectivity index (χ4n) is 2.47. The van der Waals surface area contributed by atoms with Gasteiger partial charge in [0.2, 0.25) is 5.91 Å². The fourth-order valence-corrected chi connectivity index (χ4v) is 2.47. The van der Waals surface area contributed by atoms with E-state index in [0.717, 1.165) is 12.3 Å². The van der Waals surface area contributed by atoms with E-state index in [0.29, 0.717) is 11.5 Å². The monoisotopic (exact) mass is 459 g/mol. The quantitative estimate of drug-likeness (QED) is 0.566. The van der Waals surface area contributed by atoms with Crippen molar-refractivity contribution >= 4 is 17.8 Å². The standard InChI is InChI=1S/C22H20F3N5O3/c1-21(2,3)19(31)30-20(32)29-18-5-4-15(12-28-18)33-14-7-9-26-16(11-14)13-6-8-27-17(10-13)22(23,24)25/h4-12H,1-3H3,(H2,28,29,30,31,32). The number of anilines is 1. The molecule has 11 heteroatoms. The summed E-state index contributed by atoms with van der Waals surface area (Å²) in [7, 11) is 0. The first-order chi connectivity index (χ1) is 15.4. The molecular formula is C22H20F3N5O3. The van der Waals surface area contributed by atoms with Crippen LogP contribution in [-0.4, -0.2) is 26.9 Å². The van der Waals surface area contributed by atoms with Crippen molar-refractivity contribution in [3.63, 3.8) is 0 Å². The Balaban J connectivity index is 1.68. The number of nitrogens with one attached hydrogen (secondary N) is 2. The molecule has 3 rings (SSSR count). The molecule has 0 bridgehead atoms. The molecule has 2 N–H and O–H groups in total. The van der Waals surface area contributed by atoms with Crippen molar-refractivity contribution in [1.82, 2.24) is 20.3 Å². The van der Waals surface area contributed by atoms with Gasteiger partial charge in [-0.1, -0.05) is 20.8 Å². The van der Waals surface area contributed by atoms with E-state index < -0.39 is 29.2 Å². The van der Waals surface area contributed by atoms with Gasteiger partial charge in [0.1, 0.15) is 23.0 Å². The molecule has 0 spiro atoms. The highest BCUT2D eigenvalue weighted by atomic mass is 19.4. The Labute approximate surface area is 187 Å². The van der Waals surface area contributed by atoms with Crippen LogP contribution in [0.25, 0.3) is 11.3 Å². The summed E-state index contributed by atoms with van der Waals surface area (Å²) in [5.74, 6) is 0.384. The van der Waals surface area contributed by atoms with Crippen LogP contribution in [0.1, 0.15) is 26.5 Å². The lowest BCUT2D eigenvalue weighted by atomic mass is 9.96. The van der Waals surface area contributed by atoms with Crippen LogP contribution in [0.15, 0.2) is 55.0 Å². The summed E-state index contributed by atoms with van der Waals surface area (Å²) in [6.07, 6.45) is -0.759. The average molecular weight is 459 g/mol. The van der Waals surface area contributed by atoms with E-state index >= 15 is 0 Å². The number of ether oxygens (including phenoxy) is 1. The Morgan fingerprint density at radius 1 is 0.909 bits per heavy atom. The number of urea groups is 1. The molecule has 3 aromatic rings. The molecule has 8 nitrogen and oxygen atoms in total. The molecule has 0 saturated carbocycles. The average Bonchev–Trinajstić information content (AvgIpc) is 2.74. The number of aromatic nitrogens is 3. The van der Waals surface area contributed by atoms with Gasteiger partial charge in [-0.05, 0) is 30.3 Å². The number of carbonyl (C=O) groups is 2. The second-order valence-electron chi connectivity index (χ2n) is 7.94. The van der Waals surface area contributed by atoms with Gasteiger partial charge in [0.15, 0.2) is 0 Å². The Kier molecular flexibility index (Phi) is 6.61. The van der Waals surface area contributed by atoms with Crippen molar-refractivity contribution in [2.75, 3.05) is 5.32 Å². The van der Waals surface area contributed by atoms with E-state index in [2.05, 4.69) is 25.6 Å². The second kappa shape index (κ2) is 9.23. The highest BCUT2D eigenvalue weighted by molar-refractivity contribution is 6.02. The van der Waals surface area contributed by atoms with E-state index in [1.807, 2.05) is 0 Å². The summed E-state index contributed by atoms with van der Waals surface area (Å²) >= 11 is 0. The molecule has 3 amide bonds. The third-order valence-electron chi connectivity index (χ3n) is 4.20. The molecule has 0 aliphatic carbocycles. The smallest absolute Gasteiger partial charge is 0.433 e. The van der Waals surface area contributed by atoms with Crippen LogP contribution in [0.4, 0.5) is 23.8 Å². The van der Waals surface area contributed by atoms with Crippen LogP contribution in [0.5, 0.6) is 11.5 Å². The molecule has 0 unspecified atom stereocenters. The molecule has 0 fully saturated rings. The number of hydrogen-bond donors (Lipinski definition) is 2. The SMILES string of the molecule is CC(C)(C)C(=O)NC(=O)Nc1ccc(Oc2ccnc(-c3ccnc(C(F)(F)F)c3)c2)cn1. The van der Waals surface area contributed by atoms with Crippen molar-refractivity contribution in [2.24, 2.45) is 5.41 Å². The van der Waals surface area contributed by atoms with Crippen LogP contribution >= 0.6 is 0 Å². The topological polar surface area (TPSA) is 106 Å². The van der Waals surface area contributed by atoms with E-state index in [9.17, 15) is 22.8 Å². The Morgan fingerprint density at radius 2 is 1.64 bits per heavy atom. The van der Waals surface area contributed by atoms with Gasteiger partial charge in [0.25, 0.3) is 0 Å². The predicted octanol–water partition coefficient (Wildman–Crippen LogP) is 5.04. The summed E-state index contributed by atoms with van der Waals surface area (Å²) in [6, 6.07) is 7.62. The number of amides is 3.